The van der Waals surface area contributed by atoms with Crippen LogP contribution in [0.15, 0.2) is 53.7 Å². The molecule has 29 heavy (non-hydrogen) atoms. The second kappa shape index (κ2) is 8.30. The molecule has 1 aliphatic rings. The first-order valence-corrected chi connectivity index (χ1v) is 11.8. The third kappa shape index (κ3) is 4.10. The van der Waals surface area contributed by atoms with E-state index in [-0.39, 0.29) is 0 Å². The second-order valence-corrected chi connectivity index (χ2v) is 9.55. The van der Waals surface area contributed by atoms with Crippen LogP contribution in [0.2, 0.25) is 5.02 Å². The first-order chi connectivity index (χ1) is 14.3. The fraction of sp³-hybridized carbons (Fsp3) is 0.227. The van der Waals surface area contributed by atoms with Crippen molar-refractivity contribution in [3.05, 3.63) is 75.6 Å². The molecule has 0 aliphatic heterocycles. The Bertz CT molecular complexity index is 1140. The van der Waals surface area contributed by atoms with E-state index in [9.17, 15) is 0 Å². The highest BCUT2D eigenvalue weighted by Gasteiger charge is 2.22. The molecular formula is C22H19ClN4S2. The Balaban J connectivity index is 1.44. The van der Waals surface area contributed by atoms with E-state index >= 15 is 0 Å². The molecule has 0 radical (unpaired) electrons. The summed E-state index contributed by atoms with van der Waals surface area (Å²) in [5, 5.41) is 5.54. The summed E-state index contributed by atoms with van der Waals surface area (Å²) in [4.78, 5) is 17.7. The van der Waals surface area contributed by atoms with Crippen molar-refractivity contribution in [3.63, 3.8) is 0 Å². The van der Waals surface area contributed by atoms with Crippen molar-refractivity contribution < 1.29 is 0 Å². The molecule has 3 aromatic heterocycles. The van der Waals surface area contributed by atoms with Crippen LogP contribution in [-0.2, 0) is 25.1 Å². The van der Waals surface area contributed by atoms with Crippen LogP contribution < -0.4 is 5.32 Å². The summed E-state index contributed by atoms with van der Waals surface area (Å²) < 4.78 is 0. The topological polar surface area (TPSA) is 50.7 Å². The number of nitrogens with zero attached hydrogens (tertiary/aromatic N) is 3. The number of aromatic nitrogens is 3. The predicted molar refractivity (Wildman–Crippen MR) is 122 cm³/mol. The predicted octanol–water partition coefficient (Wildman–Crippen LogP) is 6.13. The van der Waals surface area contributed by atoms with Crippen molar-refractivity contribution in [2.24, 2.45) is 0 Å². The van der Waals surface area contributed by atoms with Gasteiger partial charge in [-0.25, -0.2) is 9.97 Å². The summed E-state index contributed by atoms with van der Waals surface area (Å²) in [6.07, 6.45) is 7.16. The summed E-state index contributed by atoms with van der Waals surface area (Å²) in [7, 11) is 0. The largest absolute Gasteiger partial charge is 0.365 e. The van der Waals surface area contributed by atoms with Gasteiger partial charge in [-0.15, -0.1) is 23.1 Å². The van der Waals surface area contributed by atoms with Crippen molar-refractivity contribution in [3.8, 4) is 0 Å². The molecule has 0 amide bonds. The molecule has 4 aromatic rings. The minimum atomic E-state index is 0.725. The van der Waals surface area contributed by atoms with Gasteiger partial charge >= 0.3 is 0 Å². The number of halogens is 1. The Morgan fingerprint density at radius 1 is 1.03 bits per heavy atom. The van der Waals surface area contributed by atoms with Crippen molar-refractivity contribution in [1.82, 2.24) is 15.0 Å². The van der Waals surface area contributed by atoms with Gasteiger partial charge in [0.05, 0.1) is 11.1 Å². The van der Waals surface area contributed by atoms with Gasteiger partial charge in [-0.3, -0.25) is 4.98 Å². The van der Waals surface area contributed by atoms with E-state index in [1.807, 2.05) is 60.1 Å². The highest BCUT2D eigenvalue weighted by Crippen LogP contribution is 2.40. The molecule has 1 aromatic carbocycles. The summed E-state index contributed by atoms with van der Waals surface area (Å²) >= 11 is 9.55. The lowest BCUT2D eigenvalue weighted by atomic mass is 10.2. The lowest BCUT2D eigenvalue weighted by Crippen LogP contribution is -2.05. The molecular weight excluding hydrogens is 420 g/mol. The first-order valence-electron chi connectivity index (χ1n) is 9.58. The van der Waals surface area contributed by atoms with E-state index in [0.29, 0.717) is 0 Å². The number of hydrogen-bond donors (Lipinski definition) is 1. The molecule has 5 rings (SSSR count). The van der Waals surface area contributed by atoms with Crippen LogP contribution in [0.3, 0.4) is 0 Å². The van der Waals surface area contributed by atoms with Gasteiger partial charge in [-0.1, -0.05) is 11.6 Å². The Hall–Kier alpha value is -2.15. The molecule has 0 saturated heterocycles. The molecule has 1 aliphatic carbocycles. The zero-order valence-electron chi connectivity index (χ0n) is 15.7. The normalized spacial score (nSPS) is 13.0. The third-order valence-electron chi connectivity index (χ3n) is 5.00. The van der Waals surface area contributed by atoms with E-state index in [4.69, 9.17) is 21.6 Å². The van der Waals surface area contributed by atoms with Crippen LogP contribution in [0, 0.1) is 0 Å². The smallest absolute Gasteiger partial charge is 0.142 e. The quantitative estimate of drug-likeness (QED) is 0.367. The molecule has 0 atom stereocenters. The first kappa shape index (κ1) is 18.9. The number of hydrogen-bond acceptors (Lipinski definition) is 6. The van der Waals surface area contributed by atoms with Crippen LogP contribution >= 0.6 is 34.7 Å². The number of pyridine rings is 1. The maximum Gasteiger partial charge on any atom is 0.142 e. The Labute approximate surface area is 182 Å². The van der Waals surface area contributed by atoms with Crippen molar-refractivity contribution >= 4 is 50.7 Å². The van der Waals surface area contributed by atoms with E-state index in [2.05, 4.69) is 10.3 Å². The van der Waals surface area contributed by atoms with E-state index < -0.39 is 0 Å². The fourth-order valence-electron chi connectivity index (χ4n) is 3.60. The maximum absolute atomic E-state index is 5.99. The van der Waals surface area contributed by atoms with Crippen molar-refractivity contribution in [2.45, 2.75) is 36.5 Å². The molecule has 7 heteroatoms. The monoisotopic (exact) mass is 438 g/mol. The van der Waals surface area contributed by atoms with Gasteiger partial charge in [-0.2, -0.15) is 0 Å². The number of fused-ring (bicyclic) bond motifs is 3. The zero-order chi connectivity index (χ0) is 19.6. The Morgan fingerprint density at radius 3 is 2.69 bits per heavy atom. The number of aryl methyl sites for hydroxylation is 2. The number of anilines is 1. The van der Waals surface area contributed by atoms with Gasteiger partial charge in [0.2, 0.25) is 0 Å². The van der Waals surface area contributed by atoms with Gasteiger partial charge in [0.1, 0.15) is 16.5 Å². The SMILES string of the molecule is Clc1ccc(SCc2nc(NCc3ccncc3)c3c4c(sc3n2)CCC4)cc1. The fourth-order valence-corrected chi connectivity index (χ4v) is 5.76. The lowest BCUT2D eigenvalue weighted by Gasteiger charge is -2.10. The van der Waals surface area contributed by atoms with Gasteiger partial charge in [-0.05, 0) is 66.8 Å². The van der Waals surface area contributed by atoms with Gasteiger partial charge < -0.3 is 5.32 Å². The van der Waals surface area contributed by atoms with Crippen LogP contribution in [0.25, 0.3) is 10.2 Å². The summed E-state index contributed by atoms with van der Waals surface area (Å²) in [5.74, 6) is 2.54. The molecule has 1 N–H and O–H groups in total. The maximum atomic E-state index is 5.99. The minimum Gasteiger partial charge on any atom is -0.365 e. The Morgan fingerprint density at radius 2 is 1.86 bits per heavy atom. The summed E-state index contributed by atoms with van der Waals surface area (Å²) in [6.45, 7) is 0.725. The number of thiophene rings is 1. The van der Waals surface area contributed by atoms with Gasteiger partial charge in [0.15, 0.2) is 0 Å². The molecule has 0 bridgehead atoms. The molecule has 0 spiro atoms. The number of benzene rings is 1. The summed E-state index contributed by atoms with van der Waals surface area (Å²) in [6, 6.07) is 12.0. The highest BCUT2D eigenvalue weighted by molar-refractivity contribution is 7.98. The van der Waals surface area contributed by atoms with Crippen LogP contribution in [0.1, 0.15) is 28.2 Å². The zero-order valence-corrected chi connectivity index (χ0v) is 18.1. The van der Waals surface area contributed by atoms with Crippen molar-refractivity contribution in [1.29, 1.82) is 0 Å². The highest BCUT2D eigenvalue weighted by atomic mass is 35.5. The van der Waals surface area contributed by atoms with Crippen LogP contribution in [0.4, 0.5) is 5.82 Å². The standard InChI is InChI=1S/C22H19ClN4S2/c23-15-4-6-16(7-5-15)28-13-19-26-21(25-12-14-8-10-24-11-9-14)20-17-2-1-3-18(17)29-22(20)27-19/h4-11H,1-3,12-13H2,(H,25,26,27). The number of nitrogens with one attached hydrogen (secondary N) is 1. The molecule has 0 unspecified atom stereocenters. The third-order valence-corrected chi connectivity index (χ3v) is 7.45. The summed E-state index contributed by atoms with van der Waals surface area (Å²) in [5.41, 5.74) is 2.63. The van der Waals surface area contributed by atoms with Crippen molar-refractivity contribution in [2.75, 3.05) is 5.32 Å². The average Bonchev–Trinajstić information content (AvgIpc) is 3.33. The molecule has 3 heterocycles. The Kier molecular flexibility index (Phi) is 5.40. The molecule has 0 fully saturated rings. The van der Waals surface area contributed by atoms with E-state index in [0.717, 1.165) is 51.5 Å². The minimum absolute atomic E-state index is 0.725. The van der Waals surface area contributed by atoms with E-state index in [1.165, 1.54) is 27.8 Å². The van der Waals surface area contributed by atoms with E-state index in [1.54, 1.807) is 11.8 Å². The second-order valence-electron chi connectivity index (χ2n) is 6.98. The van der Waals surface area contributed by atoms with Gasteiger partial charge in [0.25, 0.3) is 0 Å². The molecule has 0 saturated carbocycles. The number of thioether (sulfide) groups is 1. The molecule has 4 nitrogen and oxygen atoms in total. The van der Waals surface area contributed by atoms with Crippen LogP contribution in [0.5, 0.6) is 0 Å². The van der Waals surface area contributed by atoms with Gasteiger partial charge in [0, 0.05) is 33.7 Å². The number of rotatable bonds is 6. The van der Waals surface area contributed by atoms with Crippen LogP contribution in [-0.4, -0.2) is 15.0 Å². The average molecular weight is 439 g/mol. The molecule has 146 valence electrons. The lowest BCUT2D eigenvalue weighted by molar-refractivity contribution is 0.916.